The highest BCUT2D eigenvalue weighted by Gasteiger charge is 2.38. The topological polar surface area (TPSA) is 25.8 Å². The molecule has 0 saturated carbocycles. The van der Waals surface area contributed by atoms with E-state index in [4.69, 9.17) is 9.97 Å². The fraction of sp³-hybridized carbons (Fsp3) is 0.0455. The van der Waals surface area contributed by atoms with Crippen molar-refractivity contribution in [3.05, 3.63) is 146 Å². The van der Waals surface area contributed by atoms with E-state index in [1.807, 2.05) is 12.3 Å². The van der Waals surface area contributed by atoms with E-state index in [1.165, 1.54) is 54.6 Å². The van der Waals surface area contributed by atoms with Crippen molar-refractivity contribution in [2.75, 3.05) is 0 Å². The summed E-state index contributed by atoms with van der Waals surface area (Å²) in [6, 6.07) is 51.4. The van der Waals surface area contributed by atoms with E-state index < -0.39 is 8.07 Å². The first-order chi connectivity index (χ1) is 23.1. The Bertz CT molecular complexity index is 2780. The van der Waals surface area contributed by atoms with Gasteiger partial charge in [0.15, 0.2) is 0 Å². The summed E-state index contributed by atoms with van der Waals surface area (Å²) in [5, 5.41) is 13.0. The number of aromatic nitrogens is 2. The predicted molar refractivity (Wildman–Crippen MR) is 203 cm³/mol. The fourth-order valence-electron chi connectivity index (χ4n) is 8.26. The maximum absolute atomic E-state index is 5.22. The van der Waals surface area contributed by atoms with Crippen molar-refractivity contribution in [3.63, 3.8) is 0 Å². The Morgan fingerprint density at radius 3 is 1.96 bits per heavy atom. The first-order valence-electron chi connectivity index (χ1n) is 16.3. The van der Waals surface area contributed by atoms with E-state index in [-0.39, 0.29) is 0 Å². The van der Waals surface area contributed by atoms with Gasteiger partial charge in [0.05, 0.1) is 16.7 Å². The van der Waals surface area contributed by atoms with Gasteiger partial charge >= 0.3 is 0 Å². The number of hydrogen-bond donors (Lipinski definition) is 0. The van der Waals surface area contributed by atoms with Crippen molar-refractivity contribution in [1.29, 1.82) is 0 Å². The molecule has 7 aromatic carbocycles. The Labute approximate surface area is 274 Å². The van der Waals surface area contributed by atoms with Gasteiger partial charge < -0.3 is 0 Å². The second-order valence-electron chi connectivity index (χ2n) is 13.3. The standard InChI is InChI=1S/C44H30N2Si/c1-47(2)39-18-6-5-13-36(39)42-40(47)24-22-29-26-37(33-11-3-4-12-35(33)41(29)42)32-16-7-15-31-30(32)14-8-17-34(31)38-23-21-28-20-19-27-10-9-25-45-43(27)44(28)46-38/h3-26H,1-2H3. The molecule has 220 valence electrons. The molecule has 1 aliphatic rings. The number of pyridine rings is 2. The zero-order valence-corrected chi connectivity index (χ0v) is 27.3. The van der Waals surface area contributed by atoms with Gasteiger partial charge in [0.25, 0.3) is 0 Å². The molecule has 0 radical (unpaired) electrons. The average Bonchev–Trinajstić information content (AvgIpc) is 3.36. The highest BCUT2D eigenvalue weighted by molar-refractivity contribution is 7.04. The number of rotatable bonds is 2. The Balaban J connectivity index is 1.23. The maximum atomic E-state index is 5.22. The summed E-state index contributed by atoms with van der Waals surface area (Å²) in [6.07, 6.45) is 1.85. The minimum Gasteiger partial charge on any atom is -0.254 e. The van der Waals surface area contributed by atoms with Crippen LogP contribution in [0.2, 0.25) is 13.1 Å². The molecule has 0 aliphatic carbocycles. The Kier molecular flexibility index (Phi) is 5.47. The number of nitrogens with zero attached hydrogens (tertiary/aromatic N) is 2. The first kappa shape index (κ1) is 26.6. The summed E-state index contributed by atoms with van der Waals surface area (Å²) in [5.74, 6) is 0. The SMILES string of the molecule is C[Si]1(C)c2ccccc2-c2c1ccc1cc(-c3cccc4c(-c5ccc6ccc7cccnc7c6n5)cccc34)c3ccccc3c21. The van der Waals surface area contributed by atoms with Crippen LogP contribution in [-0.2, 0) is 0 Å². The van der Waals surface area contributed by atoms with E-state index in [0.717, 1.165) is 33.1 Å². The van der Waals surface area contributed by atoms with Gasteiger partial charge in [0.1, 0.15) is 8.07 Å². The minimum atomic E-state index is -1.78. The molecule has 2 nitrogen and oxygen atoms in total. The van der Waals surface area contributed by atoms with Crippen molar-refractivity contribution in [1.82, 2.24) is 9.97 Å². The molecule has 0 amide bonds. The molecule has 0 unspecified atom stereocenters. The van der Waals surface area contributed by atoms with Gasteiger partial charge in [0, 0.05) is 22.5 Å². The maximum Gasteiger partial charge on any atom is 0.113 e. The van der Waals surface area contributed by atoms with Gasteiger partial charge in [-0.3, -0.25) is 4.98 Å². The molecule has 0 saturated heterocycles. The summed E-state index contributed by atoms with van der Waals surface area (Å²) in [4.78, 5) is 9.92. The molecular formula is C44H30N2Si. The summed E-state index contributed by atoms with van der Waals surface area (Å²) < 4.78 is 0. The highest BCUT2D eigenvalue weighted by Crippen LogP contribution is 2.44. The third-order valence-electron chi connectivity index (χ3n) is 10.5. The summed E-state index contributed by atoms with van der Waals surface area (Å²) in [5.41, 5.74) is 9.34. The molecule has 3 heteroatoms. The van der Waals surface area contributed by atoms with E-state index >= 15 is 0 Å². The van der Waals surface area contributed by atoms with Crippen LogP contribution in [0.4, 0.5) is 0 Å². The van der Waals surface area contributed by atoms with Gasteiger partial charge in [-0.15, -0.1) is 0 Å². The van der Waals surface area contributed by atoms with Crippen LogP contribution in [0.3, 0.4) is 0 Å². The second kappa shape index (κ2) is 9.68. The average molecular weight is 615 g/mol. The largest absolute Gasteiger partial charge is 0.254 e. The fourth-order valence-corrected chi connectivity index (χ4v) is 11.3. The quantitative estimate of drug-likeness (QED) is 0.143. The third-order valence-corrected chi connectivity index (χ3v) is 14.0. The monoisotopic (exact) mass is 614 g/mol. The Hall–Kier alpha value is -5.64. The lowest BCUT2D eigenvalue weighted by Gasteiger charge is -2.20. The molecule has 10 rings (SSSR count). The van der Waals surface area contributed by atoms with Crippen LogP contribution in [0.15, 0.2) is 146 Å². The van der Waals surface area contributed by atoms with Crippen molar-refractivity contribution in [2.24, 2.45) is 0 Å². The molecule has 0 N–H and O–H groups in total. The van der Waals surface area contributed by atoms with Gasteiger partial charge in [-0.25, -0.2) is 4.98 Å². The molecule has 3 heterocycles. The minimum absolute atomic E-state index is 0.939. The van der Waals surface area contributed by atoms with Crippen LogP contribution in [0.1, 0.15) is 0 Å². The van der Waals surface area contributed by atoms with Crippen LogP contribution in [-0.4, -0.2) is 18.0 Å². The molecule has 1 aliphatic heterocycles. The van der Waals surface area contributed by atoms with Crippen LogP contribution in [0.5, 0.6) is 0 Å². The molecule has 2 aromatic heterocycles. The van der Waals surface area contributed by atoms with Gasteiger partial charge in [-0.1, -0.05) is 134 Å². The number of hydrogen-bond acceptors (Lipinski definition) is 2. The van der Waals surface area contributed by atoms with Gasteiger partial charge in [-0.05, 0) is 83.1 Å². The van der Waals surface area contributed by atoms with Crippen molar-refractivity contribution in [2.45, 2.75) is 13.1 Å². The van der Waals surface area contributed by atoms with Gasteiger partial charge in [-0.2, -0.15) is 0 Å². The van der Waals surface area contributed by atoms with Crippen LogP contribution >= 0.6 is 0 Å². The molecular weight excluding hydrogens is 585 g/mol. The van der Waals surface area contributed by atoms with Crippen LogP contribution in [0.25, 0.3) is 87.6 Å². The molecule has 47 heavy (non-hydrogen) atoms. The summed E-state index contributed by atoms with van der Waals surface area (Å²) >= 11 is 0. The molecule has 0 bridgehead atoms. The Morgan fingerprint density at radius 1 is 0.447 bits per heavy atom. The van der Waals surface area contributed by atoms with Crippen molar-refractivity contribution in [3.8, 4) is 33.5 Å². The lowest BCUT2D eigenvalue weighted by atomic mass is 9.87. The van der Waals surface area contributed by atoms with E-state index in [0.29, 0.717) is 0 Å². The smallest absolute Gasteiger partial charge is 0.113 e. The Morgan fingerprint density at radius 2 is 1.09 bits per heavy atom. The molecule has 0 atom stereocenters. The zero-order valence-electron chi connectivity index (χ0n) is 26.3. The third kappa shape index (κ3) is 3.72. The number of fused-ring (bicyclic) bond motifs is 11. The van der Waals surface area contributed by atoms with Crippen molar-refractivity contribution >= 4 is 72.6 Å². The lowest BCUT2D eigenvalue weighted by Crippen LogP contribution is -2.49. The van der Waals surface area contributed by atoms with Gasteiger partial charge in [0.2, 0.25) is 0 Å². The van der Waals surface area contributed by atoms with E-state index in [2.05, 4.69) is 147 Å². The van der Waals surface area contributed by atoms with Crippen molar-refractivity contribution < 1.29 is 0 Å². The summed E-state index contributed by atoms with van der Waals surface area (Å²) in [7, 11) is -1.78. The molecule has 9 aromatic rings. The second-order valence-corrected chi connectivity index (χ2v) is 17.7. The summed E-state index contributed by atoms with van der Waals surface area (Å²) in [6.45, 7) is 4.99. The first-order valence-corrected chi connectivity index (χ1v) is 19.3. The lowest BCUT2D eigenvalue weighted by molar-refractivity contribution is 1.37. The molecule has 0 fully saturated rings. The normalized spacial score (nSPS) is 13.5. The molecule has 0 spiro atoms. The van der Waals surface area contributed by atoms with E-state index in [9.17, 15) is 0 Å². The van der Waals surface area contributed by atoms with Crippen LogP contribution in [0, 0.1) is 0 Å². The predicted octanol–water partition coefficient (Wildman–Crippen LogP) is 10.4. The zero-order chi connectivity index (χ0) is 31.3. The number of benzene rings is 7. The highest BCUT2D eigenvalue weighted by atomic mass is 28.3. The van der Waals surface area contributed by atoms with Crippen LogP contribution < -0.4 is 10.4 Å². The van der Waals surface area contributed by atoms with E-state index in [1.54, 1.807) is 10.4 Å².